The normalized spacial score (nSPS) is 16.9. The van der Waals surface area contributed by atoms with Crippen molar-refractivity contribution >= 4 is 54.7 Å². The van der Waals surface area contributed by atoms with Crippen LogP contribution in [0, 0.1) is 0 Å². The molecule has 4 aromatic rings. The maximum Gasteiger partial charge on any atom is 0.410 e. The second-order valence-corrected chi connectivity index (χ2v) is 21.1. The molecule has 0 N–H and O–H groups in total. The highest BCUT2D eigenvalue weighted by Gasteiger charge is 2.29. The first kappa shape index (κ1) is 46.4. The summed E-state index contributed by atoms with van der Waals surface area (Å²) in [6.45, 7) is 11.3. The van der Waals surface area contributed by atoms with E-state index in [1.165, 1.54) is 12.5 Å². The van der Waals surface area contributed by atoms with Crippen LogP contribution in [0.25, 0.3) is 0 Å². The second-order valence-electron chi connectivity index (χ2n) is 17.1. The Morgan fingerprint density at radius 1 is 0.594 bits per heavy atom. The summed E-state index contributed by atoms with van der Waals surface area (Å²) >= 11 is 0. The van der Waals surface area contributed by atoms with E-state index in [1.54, 1.807) is 46.5 Å². The number of carbonyl (C=O) groups excluding carboxylic acids is 2. The number of ether oxygens (including phenoxy) is 4. The van der Waals surface area contributed by atoms with Crippen molar-refractivity contribution in [2.24, 2.45) is 0 Å². The third kappa shape index (κ3) is 11.5. The number of rotatable bonds is 10. The summed E-state index contributed by atoms with van der Waals surface area (Å²) in [5.41, 5.74) is 4.96. The van der Waals surface area contributed by atoms with Gasteiger partial charge < -0.3 is 38.5 Å². The van der Waals surface area contributed by atoms with Crippen molar-refractivity contribution in [3.63, 3.8) is 0 Å². The first-order chi connectivity index (χ1) is 30.4. The van der Waals surface area contributed by atoms with Gasteiger partial charge in [-0.2, -0.15) is 0 Å². The Bertz CT molecular complexity index is 2360. The van der Waals surface area contributed by atoms with E-state index in [1.807, 2.05) is 64.1 Å². The lowest BCUT2D eigenvalue weighted by atomic mass is 10.1. The van der Waals surface area contributed by atoms with Gasteiger partial charge in [0.1, 0.15) is 23.8 Å². The zero-order valence-electron chi connectivity index (χ0n) is 37.3. The molecule has 18 heteroatoms. The predicted molar refractivity (Wildman–Crippen MR) is 243 cm³/mol. The molecule has 0 radical (unpaired) electrons. The number of fused-ring (bicyclic) bond motifs is 2. The molecule has 4 aliphatic heterocycles. The Balaban J connectivity index is 0.000000191. The molecule has 8 rings (SSSR count). The highest BCUT2D eigenvalue weighted by atomic mass is 32.2. The van der Waals surface area contributed by atoms with Crippen molar-refractivity contribution < 1.29 is 45.4 Å². The standard InChI is InChI=1S/2C23H29N3O5S/c1-16(2)30-23(27)25-11-8-18(9-12-25)31-19-6-10-24-22(15-19)26-13-7-17-14-20(32(3,28)29)4-5-21(17)26;1-16(2)30-23(27)25-11-8-19(9-12-25)31-22-15-18(6-10-24-22)26-13-7-17-14-20(32(3,28)29)4-5-21(17)26/h4-6,10,14-16,18H,7-9,11-13H2,1-3H3;4-6,10,14-16,19H,7-9,11-13H2,1-3H3. The molecule has 2 fully saturated rings. The minimum Gasteiger partial charge on any atom is -0.490 e. The fraction of sp³-hybridized carbons (Fsp3) is 0.478. The van der Waals surface area contributed by atoms with Crippen LogP contribution >= 0.6 is 0 Å². The summed E-state index contributed by atoms with van der Waals surface area (Å²) in [6, 6.07) is 18.1. The van der Waals surface area contributed by atoms with Gasteiger partial charge in [-0.3, -0.25) is 0 Å². The van der Waals surface area contributed by atoms with Crippen LogP contribution in [0.3, 0.4) is 0 Å². The Labute approximate surface area is 376 Å². The number of carbonyl (C=O) groups is 2. The van der Waals surface area contributed by atoms with E-state index < -0.39 is 19.7 Å². The molecule has 4 aliphatic rings. The second kappa shape index (κ2) is 19.6. The number of hydrogen-bond donors (Lipinski definition) is 0. The van der Waals surface area contributed by atoms with Gasteiger partial charge in [-0.25, -0.2) is 36.4 Å². The molecule has 0 spiro atoms. The molecule has 2 amide bonds. The average Bonchev–Trinajstić information content (AvgIpc) is 3.88. The Morgan fingerprint density at radius 2 is 1.08 bits per heavy atom. The first-order valence-corrected chi connectivity index (χ1v) is 25.6. The van der Waals surface area contributed by atoms with Crippen LogP contribution in [-0.4, -0.2) is 125 Å². The van der Waals surface area contributed by atoms with Crippen LogP contribution in [0.2, 0.25) is 0 Å². The number of benzene rings is 2. The number of aromatic nitrogens is 2. The highest BCUT2D eigenvalue weighted by molar-refractivity contribution is 7.91. The lowest BCUT2D eigenvalue weighted by molar-refractivity contribution is 0.0501. The van der Waals surface area contributed by atoms with Gasteiger partial charge in [-0.05, 0) is 100 Å². The monoisotopic (exact) mass is 918 g/mol. The largest absolute Gasteiger partial charge is 0.490 e. The first-order valence-electron chi connectivity index (χ1n) is 21.8. The minimum atomic E-state index is -3.23. The van der Waals surface area contributed by atoms with Gasteiger partial charge in [0.25, 0.3) is 0 Å². The lowest BCUT2D eigenvalue weighted by Crippen LogP contribution is -2.42. The summed E-state index contributed by atoms with van der Waals surface area (Å²) in [5.74, 6) is 2.05. The number of pyridine rings is 2. The zero-order chi connectivity index (χ0) is 45.8. The average molecular weight is 919 g/mol. The van der Waals surface area contributed by atoms with E-state index in [0.717, 1.165) is 91.4 Å². The molecule has 2 aromatic heterocycles. The summed E-state index contributed by atoms with van der Waals surface area (Å²) < 4.78 is 70.3. The summed E-state index contributed by atoms with van der Waals surface area (Å²) in [6.07, 6.45) is 9.59. The van der Waals surface area contributed by atoms with Crippen molar-refractivity contribution in [2.75, 3.05) is 61.6 Å². The fourth-order valence-corrected chi connectivity index (χ4v) is 9.55. The Hall–Kier alpha value is -5.62. The maximum absolute atomic E-state index is 12.1. The SMILES string of the molecule is CC(C)OC(=O)N1CCC(Oc2cc(N3CCc4cc(S(C)(=O)=O)ccc43)ccn2)CC1.CC(C)OC(=O)N1CCC(Oc2ccnc(N3CCc4cc(S(C)(=O)=O)ccc43)c2)CC1. The lowest BCUT2D eigenvalue weighted by Gasteiger charge is -2.32. The van der Waals surface area contributed by atoms with Crippen molar-refractivity contribution in [3.8, 4) is 11.6 Å². The van der Waals surface area contributed by atoms with E-state index in [9.17, 15) is 26.4 Å². The van der Waals surface area contributed by atoms with Gasteiger partial charge in [-0.1, -0.05) is 0 Å². The van der Waals surface area contributed by atoms with Crippen LogP contribution in [-0.2, 0) is 42.0 Å². The van der Waals surface area contributed by atoms with E-state index in [-0.39, 0.29) is 36.6 Å². The van der Waals surface area contributed by atoms with Gasteiger partial charge in [0.05, 0.1) is 22.0 Å². The van der Waals surface area contributed by atoms with Gasteiger partial charge in [0.2, 0.25) is 5.88 Å². The number of likely N-dealkylation sites (tertiary alicyclic amines) is 2. The molecule has 0 unspecified atom stereocenters. The molecule has 0 bridgehead atoms. The smallest absolute Gasteiger partial charge is 0.410 e. The molecule has 64 heavy (non-hydrogen) atoms. The van der Waals surface area contributed by atoms with Gasteiger partial charge in [0, 0.05) is 119 Å². The molecule has 2 saturated heterocycles. The topological polar surface area (TPSA) is 178 Å². The van der Waals surface area contributed by atoms with Crippen molar-refractivity contribution in [3.05, 3.63) is 84.2 Å². The third-order valence-electron chi connectivity index (χ3n) is 11.4. The van der Waals surface area contributed by atoms with Crippen molar-refractivity contribution in [1.29, 1.82) is 0 Å². The van der Waals surface area contributed by atoms with Crippen molar-refractivity contribution in [1.82, 2.24) is 19.8 Å². The summed E-state index contributed by atoms with van der Waals surface area (Å²) in [4.78, 5) is 41.4. The van der Waals surface area contributed by atoms with Crippen LogP contribution < -0.4 is 19.3 Å². The third-order valence-corrected chi connectivity index (χ3v) is 13.7. The van der Waals surface area contributed by atoms with Gasteiger partial charge in [-0.15, -0.1) is 0 Å². The molecular weight excluding hydrogens is 861 g/mol. The minimum absolute atomic E-state index is 0.0102. The number of hydrogen-bond acceptors (Lipinski definition) is 14. The van der Waals surface area contributed by atoms with Crippen LogP contribution in [0.15, 0.2) is 82.8 Å². The molecule has 2 aromatic carbocycles. The molecular formula is C46H58N6O10S2. The van der Waals surface area contributed by atoms with Gasteiger partial charge >= 0.3 is 12.2 Å². The summed E-state index contributed by atoms with van der Waals surface area (Å²) in [7, 11) is -6.46. The van der Waals surface area contributed by atoms with E-state index in [4.69, 9.17) is 18.9 Å². The van der Waals surface area contributed by atoms with Crippen LogP contribution in [0.4, 0.5) is 32.5 Å². The van der Waals surface area contributed by atoms with Crippen molar-refractivity contribution in [2.45, 2.75) is 100 Å². The molecule has 6 heterocycles. The quantitative estimate of drug-likeness (QED) is 0.157. The summed E-state index contributed by atoms with van der Waals surface area (Å²) in [5, 5.41) is 0. The van der Waals surface area contributed by atoms with E-state index in [2.05, 4.69) is 19.8 Å². The number of anilines is 4. The van der Waals surface area contributed by atoms with Crippen LogP contribution in [0.5, 0.6) is 11.6 Å². The van der Waals surface area contributed by atoms with E-state index >= 15 is 0 Å². The molecule has 0 atom stereocenters. The molecule has 0 aliphatic carbocycles. The fourth-order valence-electron chi connectivity index (χ4n) is 8.20. The predicted octanol–water partition coefficient (Wildman–Crippen LogP) is 7.14. The zero-order valence-corrected chi connectivity index (χ0v) is 38.9. The number of nitrogens with zero attached hydrogens (tertiary/aromatic N) is 6. The molecule has 0 saturated carbocycles. The maximum atomic E-state index is 12.1. The highest BCUT2D eigenvalue weighted by Crippen LogP contribution is 2.38. The molecule has 344 valence electrons. The van der Waals surface area contributed by atoms with Gasteiger partial charge in [0.15, 0.2) is 19.7 Å². The van der Waals surface area contributed by atoms with E-state index in [0.29, 0.717) is 41.8 Å². The number of amides is 2. The van der Waals surface area contributed by atoms with Crippen LogP contribution in [0.1, 0.15) is 64.5 Å². The Kier molecular flexibility index (Phi) is 14.2. The number of sulfone groups is 2. The molecule has 16 nitrogen and oxygen atoms in total. The Morgan fingerprint density at radius 3 is 1.59 bits per heavy atom. The number of piperidine rings is 2.